The number of hydrogen-bond donors (Lipinski definition) is 3. The molecular weight excluding hydrogens is 372 g/mol. The summed E-state index contributed by atoms with van der Waals surface area (Å²) in [6.45, 7) is 1.90. The van der Waals surface area contributed by atoms with E-state index in [0.29, 0.717) is 20.5 Å². The summed E-state index contributed by atoms with van der Waals surface area (Å²) in [7, 11) is 0. The number of halogens is 2. The second kappa shape index (κ2) is 6.19. The number of carbonyl (C=O) groups is 1. The Morgan fingerprint density at radius 1 is 1.25 bits per heavy atom. The van der Waals surface area contributed by atoms with Gasteiger partial charge in [0.1, 0.15) is 5.82 Å². The summed E-state index contributed by atoms with van der Waals surface area (Å²) in [5.74, 6) is 4.70. The third-order valence-corrected chi connectivity index (χ3v) is 3.87. The van der Waals surface area contributed by atoms with Crippen LogP contribution in [0.4, 0.5) is 15.8 Å². The number of benzene rings is 2. The number of nitrogens with two attached hydrogens (primary N) is 1. The molecule has 0 saturated carbocycles. The Labute approximate surface area is 129 Å². The number of nitrogens with one attached hydrogen (secondary N) is 2. The Bertz CT molecular complexity index is 661. The third kappa shape index (κ3) is 3.07. The van der Waals surface area contributed by atoms with E-state index in [1.807, 2.05) is 35.6 Å². The maximum Gasteiger partial charge on any atom is 0.257 e. The van der Waals surface area contributed by atoms with Crippen molar-refractivity contribution in [2.24, 2.45) is 5.84 Å². The van der Waals surface area contributed by atoms with Gasteiger partial charge in [0.2, 0.25) is 0 Å². The zero-order chi connectivity index (χ0) is 14.7. The van der Waals surface area contributed by atoms with E-state index >= 15 is 0 Å². The van der Waals surface area contributed by atoms with Crippen LogP contribution in [0.25, 0.3) is 0 Å². The lowest BCUT2D eigenvalue weighted by atomic mass is 10.1. The monoisotopic (exact) mass is 385 g/mol. The van der Waals surface area contributed by atoms with Crippen molar-refractivity contribution in [1.29, 1.82) is 0 Å². The molecule has 2 aromatic rings. The highest BCUT2D eigenvalue weighted by Gasteiger charge is 2.13. The summed E-state index contributed by atoms with van der Waals surface area (Å²) in [4.78, 5) is 12.2. The van der Waals surface area contributed by atoms with Crippen molar-refractivity contribution >= 4 is 39.9 Å². The van der Waals surface area contributed by atoms with Gasteiger partial charge in [-0.2, -0.15) is 0 Å². The first-order chi connectivity index (χ1) is 9.52. The number of carbonyl (C=O) groups excluding carboxylic acids is 1. The second-order valence-electron chi connectivity index (χ2n) is 4.25. The van der Waals surface area contributed by atoms with Gasteiger partial charge in [-0.05, 0) is 59.3 Å². The Kier molecular flexibility index (Phi) is 4.56. The molecule has 0 atom stereocenters. The highest BCUT2D eigenvalue weighted by molar-refractivity contribution is 14.1. The molecule has 4 N–H and O–H groups in total. The van der Waals surface area contributed by atoms with Crippen molar-refractivity contribution < 1.29 is 9.18 Å². The lowest BCUT2D eigenvalue weighted by Crippen LogP contribution is -2.18. The van der Waals surface area contributed by atoms with Gasteiger partial charge in [-0.3, -0.25) is 10.6 Å². The molecule has 0 saturated heterocycles. The smallest absolute Gasteiger partial charge is 0.257 e. The van der Waals surface area contributed by atoms with Gasteiger partial charge < -0.3 is 10.7 Å². The fourth-order valence-corrected chi connectivity index (χ4v) is 2.26. The van der Waals surface area contributed by atoms with Crippen LogP contribution in [-0.2, 0) is 0 Å². The molecule has 4 nitrogen and oxygen atoms in total. The largest absolute Gasteiger partial charge is 0.323 e. The number of nitrogen functional groups attached to an aromatic ring is 1. The van der Waals surface area contributed by atoms with Gasteiger partial charge in [0, 0.05) is 0 Å². The molecule has 0 heterocycles. The minimum atomic E-state index is -0.371. The van der Waals surface area contributed by atoms with Crippen LogP contribution >= 0.6 is 22.6 Å². The zero-order valence-electron chi connectivity index (χ0n) is 10.7. The molecule has 0 spiro atoms. The molecule has 0 aliphatic carbocycles. The quantitative estimate of drug-likeness (QED) is 0.432. The predicted molar refractivity (Wildman–Crippen MR) is 86.1 cm³/mol. The molecule has 1 amide bonds. The number of aryl methyl sites for hydroxylation is 1. The first-order valence-corrected chi connectivity index (χ1v) is 6.93. The summed E-state index contributed by atoms with van der Waals surface area (Å²) in [6, 6.07) is 9.79. The van der Waals surface area contributed by atoms with Gasteiger partial charge in [0.25, 0.3) is 5.91 Å². The van der Waals surface area contributed by atoms with E-state index in [4.69, 9.17) is 5.84 Å². The lowest BCUT2D eigenvalue weighted by molar-refractivity contribution is 0.102. The molecule has 0 aromatic heterocycles. The molecule has 0 aliphatic rings. The first-order valence-electron chi connectivity index (χ1n) is 5.85. The normalized spacial score (nSPS) is 10.2. The number of amides is 1. The number of anilines is 2. The van der Waals surface area contributed by atoms with E-state index in [2.05, 4.69) is 10.7 Å². The standard InChI is InChI=1S/C14H13FIN3O/c1-8-5-6-9(12(7-8)19-17)14(20)18-11-4-2-3-10(15)13(11)16/h2-7,19H,17H2,1H3,(H,18,20). The van der Waals surface area contributed by atoms with Gasteiger partial charge in [-0.15, -0.1) is 0 Å². The van der Waals surface area contributed by atoms with Crippen molar-refractivity contribution in [2.45, 2.75) is 6.92 Å². The van der Waals surface area contributed by atoms with Crippen LogP contribution in [0.15, 0.2) is 36.4 Å². The highest BCUT2D eigenvalue weighted by atomic mass is 127. The minimum Gasteiger partial charge on any atom is -0.323 e. The average Bonchev–Trinajstić information content (AvgIpc) is 2.43. The fourth-order valence-electron chi connectivity index (χ4n) is 1.77. The molecule has 104 valence electrons. The molecule has 0 bridgehead atoms. The molecule has 2 aromatic carbocycles. The number of hydrazine groups is 1. The average molecular weight is 385 g/mol. The van der Waals surface area contributed by atoms with Gasteiger partial charge >= 0.3 is 0 Å². The molecule has 6 heteroatoms. The van der Waals surface area contributed by atoms with Crippen LogP contribution in [0.2, 0.25) is 0 Å². The zero-order valence-corrected chi connectivity index (χ0v) is 12.9. The lowest BCUT2D eigenvalue weighted by Gasteiger charge is -2.11. The van der Waals surface area contributed by atoms with Crippen molar-refractivity contribution in [3.8, 4) is 0 Å². The Morgan fingerprint density at radius 2 is 2.00 bits per heavy atom. The van der Waals surface area contributed by atoms with E-state index in [1.54, 1.807) is 24.3 Å². The summed E-state index contributed by atoms with van der Waals surface area (Å²) in [5, 5.41) is 2.68. The first kappa shape index (κ1) is 14.7. The molecule has 0 fully saturated rings. The molecular formula is C14H13FIN3O. The van der Waals surface area contributed by atoms with Gasteiger partial charge in [-0.25, -0.2) is 4.39 Å². The summed E-state index contributed by atoms with van der Waals surface area (Å²) in [5.41, 5.74) is 4.83. The highest BCUT2D eigenvalue weighted by Crippen LogP contribution is 2.23. The Hall–Kier alpha value is -1.67. The summed E-state index contributed by atoms with van der Waals surface area (Å²) in [6.07, 6.45) is 0. The van der Waals surface area contributed by atoms with Crippen molar-refractivity contribution in [3.63, 3.8) is 0 Å². The third-order valence-electron chi connectivity index (χ3n) is 2.77. The van der Waals surface area contributed by atoms with Crippen LogP contribution in [0, 0.1) is 16.3 Å². The summed E-state index contributed by atoms with van der Waals surface area (Å²) < 4.78 is 13.8. The topological polar surface area (TPSA) is 67.2 Å². The Morgan fingerprint density at radius 3 is 2.70 bits per heavy atom. The fraction of sp³-hybridized carbons (Fsp3) is 0.0714. The van der Waals surface area contributed by atoms with Crippen molar-refractivity contribution in [2.75, 3.05) is 10.7 Å². The molecule has 0 unspecified atom stereocenters. The molecule has 0 radical (unpaired) electrons. The van der Waals surface area contributed by atoms with Crippen LogP contribution in [0.5, 0.6) is 0 Å². The maximum atomic E-state index is 13.4. The van der Waals surface area contributed by atoms with E-state index in [1.165, 1.54) is 6.07 Å². The Balaban J connectivity index is 2.31. The van der Waals surface area contributed by atoms with E-state index in [9.17, 15) is 9.18 Å². The summed E-state index contributed by atoms with van der Waals surface area (Å²) >= 11 is 1.85. The van der Waals surface area contributed by atoms with Gasteiger partial charge in [0.15, 0.2) is 0 Å². The van der Waals surface area contributed by atoms with Gasteiger partial charge in [0.05, 0.1) is 20.5 Å². The molecule has 0 aliphatic heterocycles. The second-order valence-corrected chi connectivity index (χ2v) is 5.33. The molecule has 20 heavy (non-hydrogen) atoms. The van der Waals surface area contributed by atoms with Crippen LogP contribution in [-0.4, -0.2) is 5.91 Å². The van der Waals surface area contributed by atoms with Crippen molar-refractivity contribution in [3.05, 3.63) is 56.9 Å². The maximum absolute atomic E-state index is 13.4. The van der Waals surface area contributed by atoms with Crippen LogP contribution < -0.4 is 16.6 Å². The van der Waals surface area contributed by atoms with Crippen LogP contribution in [0.1, 0.15) is 15.9 Å². The predicted octanol–water partition coefficient (Wildman–Crippen LogP) is 3.28. The van der Waals surface area contributed by atoms with Crippen molar-refractivity contribution in [1.82, 2.24) is 0 Å². The van der Waals surface area contributed by atoms with E-state index < -0.39 is 0 Å². The van der Waals surface area contributed by atoms with E-state index in [-0.39, 0.29) is 11.7 Å². The minimum absolute atomic E-state index is 0.346. The number of hydrogen-bond acceptors (Lipinski definition) is 3. The SMILES string of the molecule is Cc1ccc(C(=O)Nc2cccc(F)c2I)c(NN)c1. The van der Waals surface area contributed by atoms with Gasteiger partial charge in [-0.1, -0.05) is 12.1 Å². The number of rotatable bonds is 3. The van der Waals surface area contributed by atoms with E-state index in [0.717, 1.165) is 5.56 Å². The van der Waals surface area contributed by atoms with Crippen LogP contribution in [0.3, 0.4) is 0 Å². The molecule has 2 rings (SSSR count).